The van der Waals surface area contributed by atoms with Crippen molar-refractivity contribution in [3.8, 4) is 0 Å². The predicted molar refractivity (Wildman–Crippen MR) is 45.6 cm³/mol. The number of aryl methyl sites for hydroxylation is 1. The van der Waals surface area contributed by atoms with Crippen molar-refractivity contribution in [2.75, 3.05) is 7.11 Å². The highest BCUT2D eigenvalue weighted by Gasteiger charge is 2.25. The zero-order valence-corrected chi connectivity index (χ0v) is 7.95. The number of aliphatic carboxylic acids is 1. The highest BCUT2D eigenvalue weighted by atomic mass is 35.5. The van der Waals surface area contributed by atoms with Gasteiger partial charge in [0, 0.05) is 14.2 Å². The topological polar surface area (TPSA) is 64.3 Å². The fourth-order valence-electron chi connectivity index (χ4n) is 1.04. The molecule has 5 nitrogen and oxygen atoms in total. The third kappa shape index (κ3) is 1.81. The number of rotatable bonds is 3. The fourth-order valence-corrected chi connectivity index (χ4v) is 1.31. The van der Waals surface area contributed by atoms with E-state index in [9.17, 15) is 4.79 Å². The third-order valence-electron chi connectivity index (χ3n) is 1.65. The largest absolute Gasteiger partial charge is 0.479 e. The Hall–Kier alpha value is -1.07. The Kier molecular flexibility index (Phi) is 2.90. The van der Waals surface area contributed by atoms with E-state index in [1.54, 1.807) is 7.05 Å². The number of carboxylic acids is 1. The van der Waals surface area contributed by atoms with Gasteiger partial charge in [-0.25, -0.2) is 4.79 Å². The van der Waals surface area contributed by atoms with Gasteiger partial charge in [-0.05, 0) is 0 Å². The van der Waals surface area contributed by atoms with Crippen LogP contribution in [0.1, 0.15) is 11.8 Å². The Morgan fingerprint density at radius 3 is 2.77 bits per heavy atom. The predicted octanol–water partition coefficient (Wildman–Crippen LogP) is 0.846. The van der Waals surface area contributed by atoms with Gasteiger partial charge in [0.05, 0.1) is 16.9 Å². The normalized spacial score (nSPS) is 12.8. The average Bonchev–Trinajstić information content (AvgIpc) is 2.36. The van der Waals surface area contributed by atoms with Crippen molar-refractivity contribution in [1.82, 2.24) is 9.78 Å². The van der Waals surface area contributed by atoms with Crippen LogP contribution in [0.2, 0.25) is 5.02 Å². The molecule has 72 valence electrons. The number of carbonyl (C=O) groups is 1. The van der Waals surface area contributed by atoms with Crippen LogP contribution in [0.15, 0.2) is 6.20 Å². The summed E-state index contributed by atoms with van der Waals surface area (Å²) in [5, 5.41) is 12.9. The molecule has 0 aliphatic heterocycles. The lowest BCUT2D eigenvalue weighted by molar-refractivity contribution is -0.149. The molecule has 0 aromatic carbocycles. The van der Waals surface area contributed by atoms with E-state index in [2.05, 4.69) is 5.10 Å². The molecule has 0 spiro atoms. The molecule has 0 radical (unpaired) electrons. The minimum atomic E-state index is -1.09. The van der Waals surface area contributed by atoms with Crippen molar-refractivity contribution >= 4 is 17.6 Å². The highest BCUT2D eigenvalue weighted by Crippen LogP contribution is 2.24. The maximum absolute atomic E-state index is 10.7. The summed E-state index contributed by atoms with van der Waals surface area (Å²) < 4.78 is 6.15. The molecule has 0 fully saturated rings. The van der Waals surface area contributed by atoms with Gasteiger partial charge >= 0.3 is 5.97 Å². The molecule has 0 bridgehead atoms. The molecule has 0 aliphatic rings. The van der Waals surface area contributed by atoms with Crippen molar-refractivity contribution in [3.63, 3.8) is 0 Å². The van der Waals surface area contributed by atoms with Crippen LogP contribution in [-0.2, 0) is 16.6 Å². The molecule has 0 amide bonds. The highest BCUT2D eigenvalue weighted by molar-refractivity contribution is 6.31. The van der Waals surface area contributed by atoms with Gasteiger partial charge in [-0.1, -0.05) is 11.6 Å². The first-order valence-corrected chi connectivity index (χ1v) is 3.88. The van der Waals surface area contributed by atoms with E-state index in [0.717, 1.165) is 0 Å². The van der Waals surface area contributed by atoms with E-state index in [-0.39, 0.29) is 5.02 Å². The van der Waals surface area contributed by atoms with Crippen LogP contribution in [0, 0.1) is 0 Å². The van der Waals surface area contributed by atoms with Crippen LogP contribution >= 0.6 is 11.6 Å². The molecule has 1 atom stereocenters. The van der Waals surface area contributed by atoms with Gasteiger partial charge in [-0.3, -0.25) is 4.68 Å². The lowest BCUT2D eigenvalue weighted by Crippen LogP contribution is -2.17. The van der Waals surface area contributed by atoms with Gasteiger partial charge < -0.3 is 9.84 Å². The molecular formula is C7H9ClN2O3. The minimum absolute atomic E-state index is 0.289. The van der Waals surface area contributed by atoms with Crippen LogP contribution in [-0.4, -0.2) is 28.0 Å². The van der Waals surface area contributed by atoms with Gasteiger partial charge in [0.2, 0.25) is 0 Å². The van der Waals surface area contributed by atoms with Crippen molar-refractivity contribution in [3.05, 3.63) is 16.9 Å². The summed E-state index contributed by atoms with van der Waals surface area (Å²) in [6, 6.07) is 0. The first-order chi connectivity index (χ1) is 6.07. The SMILES string of the molecule is COC(C(=O)O)c1c(Cl)cnn1C. The summed E-state index contributed by atoms with van der Waals surface area (Å²) in [5.41, 5.74) is 0.344. The number of hydrogen-bond acceptors (Lipinski definition) is 3. The summed E-state index contributed by atoms with van der Waals surface area (Å²) in [4.78, 5) is 10.7. The first-order valence-electron chi connectivity index (χ1n) is 3.51. The standard InChI is InChI=1S/C7H9ClN2O3/c1-10-5(4(8)3-9-10)6(13-2)7(11)12/h3,6H,1-2H3,(H,11,12). The Bertz CT molecular complexity index is 304. The molecule has 1 aromatic heterocycles. The van der Waals surface area contributed by atoms with Crippen molar-refractivity contribution in [2.24, 2.45) is 7.05 Å². The number of aromatic nitrogens is 2. The van der Waals surface area contributed by atoms with E-state index >= 15 is 0 Å². The summed E-state index contributed by atoms with van der Waals surface area (Å²) in [6.45, 7) is 0. The van der Waals surface area contributed by atoms with Crippen LogP contribution in [0.3, 0.4) is 0 Å². The van der Waals surface area contributed by atoms with E-state index in [1.807, 2.05) is 0 Å². The molecule has 0 saturated carbocycles. The second-order valence-corrected chi connectivity index (χ2v) is 2.86. The van der Waals surface area contributed by atoms with Gasteiger partial charge in [0.15, 0.2) is 6.10 Å². The Balaban J connectivity index is 3.10. The molecule has 1 N–H and O–H groups in total. The molecule has 1 aromatic rings. The lowest BCUT2D eigenvalue weighted by Gasteiger charge is -2.10. The zero-order valence-electron chi connectivity index (χ0n) is 7.19. The maximum Gasteiger partial charge on any atom is 0.339 e. The minimum Gasteiger partial charge on any atom is -0.479 e. The van der Waals surface area contributed by atoms with E-state index < -0.39 is 12.1 Å². The molecule has 0 aliphatic carbocycles. The fraction of sp³-hybridized carbons (Fsp3) is 0.429. The monoisotopic (exact) mass is 204 g/mol. The van der Waals surface area contributed by atoms with Gasteiger partial charge in [-0.2, -0.15) is 5.10 Å². The van der Waals surface area contributed by atoms with Crippen LogP contribution in [0.4, 0.5) is 0 Å². The van der Waals surface area contributed by atoms with Crippen LogP contribution < -0.4 is 0 Å². The van der Waals surface area contributed by atoms with Crippen molar-refractivity contribution < 1.29 is 14.6 Å². The number of halogens is 1. The van der Waals surface area contributed by atoms with E-state index in [4.69, 9.17) is 21.4 Å². The summed E-state index contributed by atoms with van der Waals surface area (Å²) in [5.74, 6) is -1.09. The quantitative estimate of drug-likeness (QED) is 0.793. The molecule has 6 heteroatoms. The molecular weight excluding hydrogens is 196 g/mol. The van der Waals surface area contributed by atoms with Crippen LogP contribution in [0.25, 0.3) is 0 Å². The number of carboxylic acid groups (broad SMARTS) is 1. The zero-order chi connectivity index (χ0) is 10.0. The molecule has 13 heavy (non-hydrogen) atoms. The van der Waals surface area contributed by atoms with Crippen LogP contribution in [0.5, 0.6) is 0 Å². The molecule has 1 heterocycles. The summed E-state index contributed by atoms with van der Waals surface area (Å²) in [7, 11) is 2.91. The second-order valence-electron chi connectivity index (χ2n) is 2.46. The number of nitrogens with zero attached hydrogens (tertiary/aromatic N) is 2. The lowest BCUT2D eigenvalue weighted by atomic mass is 10.2. The Labute approximate surface area is 79.9 Å². The molecule has 1 unspecified atom stereocenters. The Morgan fingerprint density at radius 2 is 2.46 bits per heavy atom. The van der Waals surface area contributed by atoms with Gasteiger partial charge in [-0.15, -0.1) is 0 Å². The summed E-state index contributed by atoms with van der Waals surface area (Å²) in [6.07, 6.45) is 0.311. The van der Waals surface area contributed by atoms with E-state index in [0.29, 0.717) is 5.69 Å². The maximum atomic E-state index is 10.7. The van der Waals surface area contributed by atoms with Gasteiger partial charge in [0.1, 0.15) is 0 Å². The second kappa shape index (κ2) is 3.76. The molecule has 1 rings (SSSR count). The van der Waals surface area contributed by atoms with Crippen molar-refractivity contribution in [1.29, 1.82) is 0 Å². The average molecular weight is 205 g/mol. The number of hydrogen-bond donors (Lipinski definition) is 1. The smallest absolute Gasteiger partial charge is 0.339 e. The van der Waals surface area contributed by atoms with Crippen molar-refractivity contribution in [2.45, 2.75) is 6.10 Å². The van der Waals surface area contributed by atoms with E-state index in [1.165, 1.54) is 18.0 Å². The Morgan fingerprint density at radius 1 is 1.85 bits per heavy atom. The number of methoxy groups -OCH3 is 1. The summed E-state index contributed by atoms with van der Waals surface area (Å²) >= 11 is 5.74. The molecule has 0 saturated heterocycles. The number of ether oxygens (including phenoxy) is 1. The first kappa shape index (κ1) is 10.0. The third-order valence-corrected chi connectivity index (χ3v) is 1.94. The van der Waals surface area contributed by atoms with Gasteiger partial charge in [0.25, 0.3) is 0 Å².